The highest BCUT2D eigenvalue weighted by Gasteiger charge is 2.07. The lowest BCUT2D eigenvalue weighted by Gasteiger charge is -2.04. The van der Waals surface area contributed by atoms with Gasteiger partial charge in [-0.25, -0.2) is 4.39 Å². The normalized spacial score (nSPS) is 10.8. The molecule has 0 amide bonds. The number of aryl methyl sites for hydroxylation is 1. The lowest BCUT2D eigenvalue weighted by molar-refractivity contribution is 0.635. The number of benzene rings is 1. The van der Waals surface area contributed by atoms with Gasteiger partial charge in [-0.3, -0.25) is 4.79 Å². The number of halogens is 2. The van der Waals surface area contributed by atoms with Gasteiger partial charge in [0.2, 0.25) is 5.56 Å². The number of H-pyrrole nitrogens is 1. The number of fused-ring (bicyclic) bond motifs is 1. The van der Waals surface area contributed by atoms with E-state index in [9.17, 15) is 9.18 Å². The molecule has 0 saturated heterocycles. The second kappa shape index (κ2) is 3.20. The molecule has 0 unspecified atom stereocenters. The first-order valence-corrected chi connectivity index (χ1v) is 4.86. The van der Waals surface area contributed by atoms with Crippen LogP contribution in [0.1, 0.15) is 5.56 Å². The molecule has 1 aromatic carbocycles. The molecule has 0 atom stereocenters. The number of aromatic amines is 1. The van der Waals surface area contributed by atoms with Gasteiger partial charge in [-0.1, -0.05) is 15.9 Å². The van der Waals surface area contributed by atoms with Gasteiger partial charge in [-0.15, -0.1) is 0 Å². The van der Waals surface area contributed by atoms with Gasteiger partial charge in [0.15, 0.2) is 0 Å². The van der Waals surface area contributed by atoms with Gasteiger partial charge in [0.25, 0.3) is 0 Å². The fourth-order valence-electron chi connectivity index (χ4n) is 1.40. The zero-order chi connectivity index (χ0) is 10.3. The second-order valence-corrected chi connectivity index (χ2v) is 3.93. The Hall–Kier alpha value is -1.16. The molecule has 0 bridgehead atoms. The van der Waals surface area contributed by atoms with Crippen molar-refractivity contribution in [3.05, 3.63) is 44.4 Å². The van der Waals surface area contributed by atoms with Crippen LogP contribution in [0.15, 0.2) is 27.5 Å². The monoisotopic (exact) mass is 255 g/mol. The average Bonchev–Trinajstić information content (AvgIpc) is 2.14. The van der Waals surface area contributed by atoms with Crippen molar-refractivity contribution < 1.29 is 4.39 Å². The lowest BCUT2D eigenvalue weighted by atomic mass is 10.1. The van der Waals surface area contributed by atoms with Crippen LogP contribution < -0.4 is 5.56 Å². The lowest BCUT2D eigenvalue weighted by Crippen LogP contribution is -2.04. The summed E-state index contributed by atoms with van der Waals surface area (Å²) in [6.45, 7) is 1.87. The molecule has 1 aromatic heterocycles. The number of rotatable bonds is 0. The summed E-state index contributed by atoms with van der Waals surface area (Å²) < 4.78 is 14.1. The highest BCUT2D eigenvalue weighted by atomic mass is 79.9. The molecule has 0 spiro atoms. The van der Waals surface area contributed by atoms with Gasteiger partial charge in [0.05, 0.1) is 5.52 Å². The number of nitrogens with one attached hydrogen (secondary N) is 1. The summed E-state index contributed by atoms with van der Waals surface area (Å²) in [7, 11) is 0. The molecule has 1 N–H and O–H groups in total. The Balaban J connectivity index is 3.02. The maximum atomic E-state index is 13.4. The fourth-order valence-corrected chi connectivity index (χ4v) is 1.81. The van der Waals surface area contributed by atoms with E-state index in [1.54, 1.807) is 6.07 Å². The van der Waals surface area contributed by atoms with Gasteiger partial charge >= 0.3 is 0 Å². The average molecular weight is 256 g/mol. The minimum absolute atomic E-state index is 0.262. The van der Waals surface area contributed by atoms with Crippen LogP contribution in [0.5, 0.6) is 0 Å². The molecule has 14 heavy (non-hydrogen) atoms. The van der Waals surface area contributed by atoms with Gasteiger partial charge in [-0.05, 0) is 24.6 Å². The van der Waals surface area contributed by atoms with Crippen LogP contribution in [0, 0.1) is 12.7 Å². The summed E-state index contributed by atoms with van der Waals surface area (Å²) in [5, 5.41) is 0.719. The standard InChI is InChI=1S/C10H7BrFNO/c1-5-6-2-3-9(14)13-10(6)8(12)4-7(5)11/h2-4H,1H3,(H,13,14). The van der Waals surface area contributed by atoms with Gasteiger partial charge in [-0.2, -0.15) is 0 Å². The number of pyridine rings is 1. The van der Waals surface area contributed by atoms with E-state index in [-0.39, 0.29) is 11.1 Å². The first-order chi connectivity index (χ1) is 6.59. The third-order valence-electron chi connectivity index (χ3n) is 2.17. The SMILES string of the molecule is Cc1c(Br)cc(F)c2[nH]c(=O)ccc12. The summed E-state index contributed by atoms with van der Waals surface area (Å²) in [6.07, 6.45) is 0. The maximum absolute atomic E-state index is 13.4. The molecule has 0 saturated carbocycles. The summed E-state index contributed by atoms with van der Waals surface area (Å²) in [6, 6.07) is 4.37. The summed E-state index contributed by atoms with van der Waals surface area (Å²) in [5.74, 6) is -0.421. The summed E-state index contributed by atoms with van der Waals surface area (Å²) >= 11 is 3.25. The Morgan fingerprint density at radius 3 is 2.86 bits per heavy atom. The molecule has 1 heterocycles. The number of hydrogen-bond donors (Lipinski definition) is 1. The Bertz CT molecular complexity index is 562. The highest BCUT2D eigenvalue weighted by molar-refractivity contribution is 9.10. The summed E-state index contributed by atoms with van der Waals surface area (Å²) in [4.78, 5) is 13.5. The third kappa shape index (κ3) is 1.35. The number of hydrogen-bond acceptors (Lipinski definition) is 1. The van der Waals surface area contributed by atoms with Crippen molar-refractivity contribution in [1.82, 2.24) is 4.98 Å². The largest absolute Gasteiger partial charge is 0.319 e. The minimum atomic E-state index is -0.421. The van der Waals surface area contributed by atoms with Crippen molar-refractivity contribution in [1.29, 1.82) is 0 Å². The van der Waals surface area contributed by atoms with Crippen molar-refractivity contribution >= 4 is 26.8 Å². The zero-order valence-corrected chi connectivity index (χ0v) is 8.98. The van der Waals surface area contributed by atoms with Crippen molar-refractivity contribution in [2.45, 2.75) is 6.92 Å². The van der Waals surface area contributed by atoms with Crippen LogP contribution in [0.4, 0.5) is 4.39 Å². The molecule has 0 fully saturated rings. The quantitative estimate of drug-likeness (QED) is 0.772. The molecule has 2 rings (SSSR count). The maximum Gasteiger partial charge on any atom is 0.248 e. The van der Waals surface area contributed by atoms with Crippen LogP contribution in [0.3, 0.4) is 0 Å². The Morgan fingerprint density at radius 1 is 1.43 bits per heavy atom. The third-order valence-corrected chi connectivity index (χ3v) is 3.00. The predicted octanol–water partition coefficient (Wildman–Crippen LogP) is 2.74. The van der Waals surface area contributed by atoms with Crippen LogP contribution in [0.2, 0.25) is 0 Å². The van der Waals surface area contributed by atoms with E-state index in [2.05, 4.69) is 20.9 Å². The molecule has 0 aliphatic carbocycles. The molecule has 72 valence electrons. The van der Waals surface area contributed by atoms with E-state index in [1.165, 1.54) is 12.1 Å². The van der Waals surface area contributed by atoms with E-state index < -0.39 is 5.82 Å². The van der Waals surface area contributed by atoms with Crippen molar-refractivity contribution in [2.75, 3.05) is 0 Å². The van der Waals surface area contributed by atoms with E-state index >= 15 is 0 Å². The molecule has 0 aliphatic heterocycles. The van der Waals surface area contributed by atoms with Crippen molar-refractivity contribution in [2.24, 2.45) is 0 Å². The Morgan fingerprint density at radius 2 is 2.14 bits per heavy atom. The van der Waals surface area contributed by atoms with Crippen LogP contribution in [0.25, 0.3) is 10.9 Å². The molecule has 0 radical (unpaired) electrons. The Labute approximate surface area is 87.9 Å². The van der Waals surface area contributed by atoms with Crippen LogP contribution >= 0.6 is 15.9 Å². The molecular formula is C10H7BrFNO. The van der Waals surface area contributed by atoms with E-state index in [1.807, 2.05) is 6.92 Å². The highest BCUT2D eigenvalue weighted by Crippen LogP contribution is 2.25. The van der Waals surface area contributed by atoms with Gasteiger partial charge in [0.1, 0.15) is 5.82 Å². The minimum Gasteiger partial charge on any atom is -0.319 e. The molecule has 2 nitrogen and oxygen atoms in total. The smallest absolute Gasteiger partial charge is 0.248 e. The predicted molar refractivity (Wildman–Crippen MR) is 57.0 cm³/mol. The first-order valence-electron chi connectivity index (χ1n) is 4.07. The van der Waals surface area contributed by atoms with E-state index in [0.29, 0.717) is 4.47 Å². The van der Waals surface area contributed by atoms with E-state index in [4.69, 9.17) is 0 Å². The summed E-state index contributed by atoms with van der Waals surface area (Å²) in [5.41, 5.74) is 0.883. The second-order valence-electron chi connectivity index (χ2n) is 3.08. The molecular weight excluding hydrogens is 249 g/mol. The van der Waals surface area contributed by atoms with Crippen LogP contribution in [-0.4, -0.2) is 4.98 Å². The molecule has 2 aromatic rings. The van der Waals surface area contributed by atoms with Crippen molar-refractivity contribution in [3.8, 4) is 0 Å². The fraction of sp³-hybridized carbons (Fsp3) is 0.100. The van der Waals surface area contributed by atoms with Crippen LogP contribution in [-0.2, 0) is 0 Å². The van der Waals surface area contributed by atoms with Gasteiger partial charge in [0, 0.05) is 15.9 Å². The molecule has 4 heteroatoms. The number of aromatic nitrogens is 1. The van der Waals surface area contributed by atoms with E-state index in [0.717, 1.165) is 10.9 Å². The Kier molecular flexibility index (Phi) is 2.15. The topological polar surface area (TPSA) is 32.9 Å². The first kappa shape index (κ1) is 9.40. The van der Waals surface area contributed by atoms with Crippen molar-refractivity contribution in [3.63, 3.8) is 0 Å². The zero-order valence-electron chi connectivity index (χ0n) is 7.40. The van der Waals surface area contributed by atoms with Gasteiger partial charge < -0.3 is 4.98 Å². The molecule has 0 aliphatic rings.